The smallest absolute Gasteiger partial charge is 0.270 e. The minimum absolute atomic E-state index is 0.0345. The van der Waals surface area contributed by atoms with E-state index in [1.165, 1.54) is 0 Å². The molecule has 26 heavy (non-hydrogen) atoms. The van der Waals surface area contributed by atoms with Crippen LogP contribution in [-0.4, -0.2) is 23.5 Å². The lowest BCUT2D eigenvalue weighted by atomic mass is 10.2. The second-order valence-electron chi connectivity index (χ2n) is 4.80. The molecule has 10 heteroatoms. The molecule has 2 rings (SSSR count). The van der Waals surface area contributed by atoms with E-state index in [0.29, 0.717) is 15.8 Å². The van der Waals surface area contributed by atoms with E-state index < -0.39 is 5.91 Å². The SMILES string of the molecule is O=C(COc1ccc(Br)cc1Br)NC(=S)NNC(=O)c1ccccc1I. The molecule has 2 aromatic rings. The van der Waals surface area contributed by atoms with Crippen LogP contribution in [-0.2, 0) is 4.79 Å². The average molecular weight is 613 g/mol. The van der Waals surface area contributed by atoms with Crippen molar-refractivity contribution in [2.45, 2.75) is 0 Å². The molecule has 0 atom stereocenters. The Balaban J connectivity index is 1.77. The zero-order valence-corrected chi connectivity index (χ0v) is 19.2. The lowest BCUT2D eigenvalue weighted by Gasteiger charge is -2.12. The second kappa shape index (κ2) is 10.2. The maximum absolute atomic E-state index is 12.0. The number of carbonyl (C=O) groups excluding carboxylic acids is 2. The molecule has 0 radical (unpaired) electrons. The summed E-state index contributed by atoms with van der Waals surface area (Å²) in [7, 11) is 0. The lowest BCUT2D eigenvalue weighted by Crippen LogP contribution is -2.49. The third-order valence-corrected chi connectivity index (χ3v) is 5.17. The van der Waals surface area contributed by atoms with Crippen LogP contribution in [0.25, 0.3) is 0 Å². The summed E-state index contributed by atoms with van der Waals surface area (Å²) in [6, 6.07) is 12.4. The fourth-order valence-corrected chi connectivity index (χ4v) is 3.71. The van der Waals surface area contributed by atoms with Gasteiger partial charge in [-0.15, -0.1) is 0 Å². The first-order valence-electron chi connectivity index (χ1n) is 7.09. The lowest BCUT2D eigenvalue weighted by molar-refractivity contribution is -0.121. The molecule has 0 unspecified atom stereocenters. The number of benzene rings is 2. The highest BCUT2D eigenvalue weighted by atomic mass is 127. The van der Waals surface area contributed by atoms with Crippen molar-refractivity contribution >= 4 is 83.6 Å². The monoisotopic (exact) mass is 611 g/mol. The number of amides is 2. The number of hydrogen-bond acceptors (Lipinski definition) is 4. The van der Waals surface area contributed by atoms with Crippen molar-refractivity contribution in [1.29, 1.82) is 0 Å². The molecule has 6 nitrogen and oxygen atoms in total. The van der Waals surface area contributed by atoms with Gasteiger partial charge in [0.2, 0.25) is 0 Å². The number of halogens is 3. The van der Waals surface area contributed by atoms with Gasteiger partial charge in [0.1, 0.15) is 5.75 Å². The molecule has 3 N–H and O–H groups in total. The Morgan fingerprint density at radius 3 is 2.54 bits per heavy atom. The molecule has 0 bridgehead atoms. The van der Waals surface area contributed by atoms with Gasteiger partial charge < -0.3 is 4.74 Å². The Bertz CT molecular complexity index is 851. The molecule has 2 amide bonds. The summed E-state index contributed by atoms with van der Waals surface area (Å²) < 4.78 is 7.81. The number of carbonyl (C=O) groups is 2. The molecule has 2 aromatic carbocycles. The highest BCUT2D eigenvalue weighted by Crippen LogP contribution is 2.28. The van der Waals surface area contributed by atoms with Crippen molar-refractivity contribution in [2.24, 2.45) is 0 Å². The number of thiocarbonyl (C=S) groups is 1. The van der Waals surface area contributed by atoms with Crippen LogP contribution in [0, 0.1) is 3.57 Å². The topological polar surface area (TPSA) is 79.5 Å². The van der Waals surface area contributed by atoms with Crippen molar-refractivity contribution in [1.82, 2.24) is 16.2 Å². The predicted molar refractivity (Wildman–Crippen MR) is 118 cm³/mol. The Kier molecular flexibility index (Phi) is 8.25. The van der Waals surface area contributed by atoms with Crippen LogP contribution in [0.5, 0.6) is 5.75 Å². The van der Waals surface area contributed by atoms with E-state index in [1.54, 1.807) is 30.3 Å². The quantitative estimate of drug-likeness (QED) is 0.280. The molecule has 0 aliphatic carbocycles. The first-order chi connectivity index (χ1) is 12.4. The third-order valence-electron chi connectivity index (χ3n) is 2.91. The zero-order chi connectivity index (χ0) is 19.1. The molecule has 0 saturated heterocycles. The molecule has 0 spiro atoms. The summed E-state index contributed by atoms with van der Waals surface area (Å²) in [5.74, 6) is -0.295. The van der Waals surface area contributed by atoms with Gasteiger partial charge in [-0.2, -0.15) is 0 Å². The van der Waals surface area contributed by atoms with Gasteiger partial charge in [-0.3, -0.25) is 25.8 Å². The molecule has 0 aliphatic heterocycles. The highest BCUT2D eigenvalue weighted by molar-refractivity contribution is 14.1. The van der Waals surface area contributed by atoms with Crippen LogP contribution in [0.1, 0.15) is 10.4 Å². The summed E-state index contributed by atoms with van der Waals surface area (Å²) in [5.41, 5.74) is 5.41. The van der Waals surface area contributed by atoms with Crippen molar-refractivity contribution in [3.63, 3.8) is 0 Å². The average Bonchev–Trinajstić information content (AvgIpc) is 2.59. The van der Waals surface area contributed by atoms with Crippen molar-refractivity contribution in [3.05, 3.63) is 60.5 Å². The normalized spacial score (nSPS) is 9.96. The molecular formula is C16H12Br2IN3O3S. The third kappa shape index (κ3) is 6.49. The maximum Gasteiger partial charge on any atom is 0.270 e. The van der Waals surface area contributed by atoms with Gasteiger partial charge >= 0.3 is 0 Å². The van der Waals surface area contributed by atoms with E-state index in [-0.39, 0.29) is 17.6 Å². The largest absolute Gasteiger partial charge is 0.483 e. The summed E-state index contributed by atoms with van der Waals surface area (Å²) in [6.45, 7) is -0.230. The van der Waals surface area contributed by atoms with Crippen molar-refractivity contribution in [2.75, 3.05) is 6.61 Å². The van der Waals surface area contributed by atoms with Crippen LogP contribution >= 0.6 is 66.7 Å². The first-order valence-corrected chi connectivity index (χ1v) is 10.2. The van der Waals surface area contributed by atoms with Gasteiger partial charge in [0.15, 0.2) is 11.7 Å². The van der Waals surface area contributed by atoms with Crippen LogP contribution in [0.15, 0.2) is 51.4 Å². The fourth-order valence-electron chi connectivity index (χ4n) is 1.76. The standard InChI is InChI=1S/C16H12Br2IN3O3S/c17-9-5-6-13(11(18)7-9)25-8-14(23)20-16(26)22-21-15(24)10-3-1-2-4-12(10)19/h1-7H,8H2,(H,21,24)(H2,20,22,23,26). The van der Waals surface area contributed by atoms with Gasteiger partial charge in [-0.1, -0.05) is 28.1 Å². The first kappa shape index (κ1) is 21.1. The van der Waals surface area contributed by atoms with Gasteiger partial charge in [-0.05, 0) is 81.1 Å². The van der Waals surface area contributed by atoms with Crippen LogP contribution < -0.4 is 20.9 Å². The van der Waals surface area contributed by atoms with E-state index in [4.69, 9.17) is 17.0 Å². The van der Waals surface area contributed by atoms with Gasteiger partial charge in [0.25, 0.3) is 11.8 Å². The van der Waals surface area contributed by atoms with E-state index in [1.807, 2.05) is 12.1 Å². The number of hydrazine groups is 1. The number of nitrogens with one attached hydrogen (secondary N) is 3. The van der Waals surface area contributed by atoms with E-state index >= 15 is 0 Å². The zero-order valence-electron chi connectivity index (χ0n) is 13.0. The second-order valence-corrected chi connectivity index (χ2v) is 8.14. The highest BCUT2D eigenvalue weighted by Gasteiger charge is 2.11. The van der Waals surface area contributed by atoms with Crippen LogP contribution in [0.4, 0.5) is 0 Å². The molecule has 0 fully saturated rings. The number of rotatable bonds is 4. The maximum atomic E-state index is 12.0. The molecule has 0 saturated carbocycles. The molecule has 0 aliphatic rings. The van der Waals surface area contributed by atoms with Crippen LogP contribution in [0.2, 0.25) is 0 Å². The van der Waals surface area contributed by atoms with E-state index in [9.17, 15) is 9.59 Å². The number of ether oxygens (including phenoxy) is 1. The minimum atomic E-state index is -0.458. The van der Waals surface area contributed by atoms with Gasteiger partial charge in [0, 0.05) is 8.04 Å². The van der Waals surface area contributed by atoms with Crippen LogP contribution in [0.3, 0.4) is 0 Å². The Labute approximate surface area is 185 Å². The van der Waals surface area contributed by atoms with Crippen molar-refractivity contribution < 1.29 is 14.3 Å². The van der Waals surface area contributed by atoms with Gasteiger partial charge in [-0.25, -0.2) is 0 Å². The summed E-state index contributed by atoms with van der Waals surface area (Å²) in [4.78, 5) is 23.9. The Morgan fingerprint density at radius 1 is 1.12 bits per heavy atom. The predicted octanol–water partition coefficient (Wildman–Crippen LogP) is 3.53. The molecule has 136 valence electrons. The fraction of sp³-hybridized carbons (Fsp3) is 0.0625. The molecule has 0 aromatic heterocycles. The Hall–Kier alpha value is -1.24. The molecular weight excluding hydrogens is 601 g/mol. The molecule has 0 heterocycles. The summed E-state index contributed by atoms with van der Waals surface area (Å²) >= 11 is 13.7. The van der Waals surface area contributed by atoms with Crippen molar-refractivity contribution in [3.8, 4) is 5.75 Å². The minimum Gasteiger partial charge on any atom is -0.483 e. The van der Waals surface area contributed by atoms with Gasteiger partial charge in [0.05, 0.1) is 10.0 Å². The number of hydrogen-bond donors (Lipinski definition) is 3. The summed E-state index contributed by atoms with van der Waals surface area (Å²) in [5, 5.41) is 2.38. The Morgan fingerprint density at radius 2 is 1.85 bits per heavy atom. The van der Waals surface area contributed by atoms with E-state index in [2.05, 4.69) is 70.6 Å². The summed E-state index contributed by atoms with van der Waals surface area (Å²) in [6.07, 6.45) is 0. The van der Waals surface area contributed by atoms with E-state index in [0.717, 1.165) is 8.04 Å².